The lowest BCUT2D eigenvalue weighted by Gasteiger charge is -2.24. The summed E-state index contributed by atoms with van der Waals surface area (Å²) in [6.07, 6.45) is 9.77. The van der Waals surface area contributed by atoms with E-state index in [-0.39, 0.29) is 23.9 Å². The Morgan fingerprint density at radius 1 is 1.32 bits per heavy atom. The van der Waals surface area contributed by atoms with Gasteiger partial charge in [0.15, 0.2) is 0 Å². The van der Waals surface area contributed by atoms with E-state index in [0.717, 1.165) is 25.7 Å². The highest BCUT2D eigenvalue weighted by Crippen LogP contribution is 2.42. The van der Waals surface area contributed by atoms with Crippen molar-refractivity contribution in [3.63, 3.8) is 0 Å². The van der Waals surface area contributed by atoms with Gasteiger partial charge in [0.1, 0.15) is 0 Å². The minimum atomic E-state index is -0.734. The molecule has 0 aromatic rings. The van der Waals surface area contributed by atoms with Gasteiger partial charge in [0, 0.05) is 18.5 Å². The fourth-order valence-electron chi connectivity index (χ4n) is 3.99. The molecule has 1 amide bonds. The molecule has 4 heteroatoms. The van der Waals surface area contributed by atoms with Crippen LogP contribution in [-0.2, 0) is 9.59 Å². The van der Waals surface area contributed by atoms with Crippen molar-refractivity contribution in [2.45, 2.75) is 63.5 Å². The Bertz CT molecular complexity index is 429. The summed E-state index contributed by atoms with van der Waals surface area (Å²) in [6, 6.07) is 0.141. The van der Waals surface area contributed by atoms with Crippen molar-refractivity contribution in [1.29, 1.82) is 0 Å². The van der Waals surface area contributed by atoms with Gasteiger partial charge in [0.2, 0.25) is 5.91 Å². The van der Waals surface area contributed by atoms with Gasteiger partial charge in [-0.2, -0.15) is 0 Å². The van der Waals surface area contributed by atoms with Crippen LogP contribution in [-0.4, -0.2) is 34.0 Å². The third-order valence-corrected chi connectivity index (χ3v) is 4.91. The number of carbonyl (C=O) groups is 2. The molecular weight excluding hydrogens is 242 g/mol. The van der Waals surface area contributed by atoms with Crippen molar-refractivity contribution in [2.24, 2.45) is 5.92 Å². The topological polar surface area (TPSA) is 57.6 Å². The second kappa shape index (κ2) is 4.99. The maximum atomic E-state index is 12.4. The first-order chi connectivity index (χ1) is 9.16. The molecule has 3 aliphatic rings. The second-order valence-electron chi connectivity index (χ2n) is 6.06. The maximum Gasteiger partial charge on any atom is 0.308 e. The molecule has 2 heterocycles. The lowest BCUT2D eigenvalue weighted by Crippen LogP contribution is -2.38. The van der Waals surface area contributed by atoms with E-state index >= 15 is 0 Å². The van der Waals surface area contributed by atoms with Gasteiger partial charge in [-0.25, -0.2) is 0 Å². The molecule has 2 fully saturated rings. The second-order valence-corrected chi connectivity index (χ2v) is 6.06. The third kappa shape index (κ3) is 2.28. The van der Waals surface area contributed by atoms with Gasteiger partial charge in [0.05, 0.1) is 5.92 Å². The zero-order valence-corrected chi connectivity index (χ0v) is 11.2. The number of fused-ring (bicyclic) bond motifs is 2. The van der Waals surface area contributed by atoms with Gasteiger partial charge in [0.25, 0.3) is 0 Å². The van der Waals surface area contributed by atoms with Crippen molar-refractivity contribution in [1.82, 2.24) is 4.90 Å². The molecule has 4 nitrogen and oxygen atoms in total. The standard InChI is InChI=1S/C15H21NO3/c17-14(8-10-4-2-1-3-5-10)16-11-6-7-13(16)12(9-11)15(18)19/h4,11-13H,1-3,5-9H2,(H,18,19). The van der Waals surface area contributed by atoms with E-state index in [4.69, 9.17) is 0 Å². The highest BCUT2D eigenvalue weighted by Gasteiger charge is 2.51. The lowest BCUT2D eigenvalue weighted by atomic mass is 9.89. The predicted octanol–water partition coefficient (Wildman–Crippen LogP) is 2.34. The molecule has 0 spiro atoms. The van der Waals surface area contributed by atoms with Crippen LogP contribution in [0.25, 0.3) is 0 Å². The van der Waals surface area contributed by atoms with Crippen molar-refractivity contribution in [2.75, 3.05) is 0 Å². The molecular formula is C15H21NO3. The molecule has 0 aromatic carbocycles. The van der Waals surface area contributed by atoms with Gasteiger partial charge < -0.3 is 10.0 Å². The Kier molecular flexibility index (Phi) is 3.33. The largest absolute Gasteiger partial charge is 0.481 e. The fraction of sp³-hybridized carbons (Fsp3) is 0.733. The molecule has 3 atom stereocenters. The van der Waals surface area contributed by atoms with Crippen LogP contribution in [0.2, 0.25) is 0 Å². The Hall–Kier alpha value is -1.32. The summed E-state index contributed by atoms with van der Waals surface area (Å²) >= 11 is 0. The quantitative estimate of drug-likeness (QED) is 0.795. The summed E-state index contributed by atoms with van der Waals surface area (Å²) in [5, 5.41) is 9.21. The lowest BCUT2D eigenvalue weighted by molar-refractivity contribution is -0.143. The van der Waals surface area contributed by atoms with E-state index < -0.39 is 5.97 Å². The zero-order chi connectivity index (χ0) is 13.4. The van der Waals surface area contributed by atoms with E-state index in [2.05, 4.69) is 6.08 Å². The van der Waals surface area contributed by atoms with Crippen LogP contribution in [0.3, 0.4) is 0 Å². The minimum absolute atomic E-state index is 0.0424. The van der Waals surface area contributed by atoms with E-state index in [1.807, 2.05) is 4.90 Å². The highest BCUT2D eigenvalue weighted by atomic mass is 16.4. The Labute approximate surface area is 113 Å². The van der Waals surface area contributed by atoms with Crippen LogP contribution in [0.15, 0.2) is 11.6 Å². The summed E-state index contributed by atoms with van der Waals surface area (Å²) in [7, 11) is 0. The number of carboxylic acids is 1. The molecule has 0 aromatic heterocycles. The smallest absolute Gasteiger partial charge is 0.308 e. The number of carbonyl (C=O) groups excluding carboxylic acids is 1. The SMILES string of the molecule is O=C(O)C1CC2CCC1N2C(=O)CC1=CCCCC1. The Morgan fingerprint density at radius 3 is 2.79 bits per heavy atom. The first kappa shape index (κ1) is 12.7. The first-order valence-electron chi connectivity index (χ1n) is 7.38. The molecule has 3 rings (SSSR count). The van der Waals surface area contributed by atoms with Gasteiger partial charge in [-0.3, -0.25) is 9.59 Å². The number of nitrogens with zero attached hydrogens (tertiary/aromatic N) is 1. The maximum absolute atomic E-state index is 12.4. The summed E-state index contributed by atoms with van der Waals surface area (Å²) < 4.78 is 0. The summed E-state index contributed by atoms with van der Waals surface area (Å²) in [6.45, 7) is 0. The normalized spacial score (nSPS) is 33.4. The molecule has 1 aliphatic carbocycles. The third-order valence-electron chi connectivity index (χ3n) is 4.91. The summed E-state index contributed by atoms with van der Waals surface area (Å²) in [5.74, 6) is -0.908. The molecule has 19 heavy (non-hydrogen) atoms. The van der Waals surface area contributed by atoms with Crippen molar-refractivity contribution < 1.29 is 14.7 Å². The summed E-state index contributed by atoms with van der Waals surface area (Å²) in [5.41, 5.74) is 1.26. The van der Waals surface area contributed by atoms with Gasteiger partial charge in [-0.1, -0.05) is 11.6 Å². The Morgan fingerprint density at radius 2 is 2.16 bits per heavy atom. The molecule has 2 bridgehead atoms. The molecule has 2 saturated heterocycles. The number of rotatable bonds is 3. The number of carboxylic acid groups (broad SMARTS) is 1. The van der Waals surface area contributed by atoms with Crippen LogP contribution < -0.4 is 0 Å². The number of amides is 1. The number of aliphatic carboxylic acids is 1. The molecule has 0 radical (unpaired) electrons. The van der Waals surface area contributed by atoms with Crippen LogP contribution >= 0.6 is 0 Å². The predicted molar refractivity (Wildman–Crippen MR) is 70.6 cm³/mol. The Balaban J connectivity index is 1.67. The van der Waals surface area contributed by atoms with Gasteiger partial charge in [-0.05, 0) is 44.9 Å². The molecule has 2 aliphatic heterocycles. The average molecular weight is 263 g/mol. The minimum Gasteiger partial charge on any atom is -0.481 e. The molecule has 3 unspecified atom stereocenters. The molecule has 0 saturated carbocycles. The van der Waals surface area contributed by atoms with Crippen LogP contribution in [0.5, 0.6) is 0 Å². The van der Waals surface area contributed by atoms with E-state index in [1.54, 1.807) is 0 Å². The monoisotopic (exact) mass is 263 g/mol. The van der Waals surface area contributed by atoms with Gasteiger partial charge in [-0.15, -0.1) is 0 Å². The number of hydrogen-bond donors (Lipinski definition) is 1. The van der Waals surface area contributed by atoms with Crippen LogP contribution in [0.4, 0.5) is 0 Å². The van der Waals surface area contributed by atoms with Crippen LogP contribution in [0, 0.1) is 5.92 Å². The van der Waals surface area contributed by atoms with Crippen LogP contribution in [0.1, 0.15) is 51.4 Å². The molecule has 104 valence electrons. The zero-order valence-electron chi connectivity index (χ0n) is 11.2. The number of allylic oxidation sites excluding steroid dienone is 1. The van der Waals surface area contributed by atoms with E-state index in [9.17, 15) is 14.7 Å². The van der Waals surface area contributed by atoms with E-state index in [1.165, 1.54) is 18.4 Å². The highest BCUT2D eigenvalue weighted by molar-refractivity contribution is 5.82. The molecule has 1 N–H and O–H groups in total. The summed E-state index contributed by atoms with van der Waals surface area (Å²) in [4.78, 5) is 25.5. The average Bonchev–Trinajstić information content (AvgIpc) is 2.97. The first-order valence-corrected chi connectivity index (χ1v) is 7.38. The number of hydrogen-bond acceptors (Lipinski definition) is 2. The van der Waals surface area contributed by atoms with Crippen molar-refractivity contribution in [3.05, 3.63) is 11.6 Å². The fourth-order valence-corrected chi connectivity index (χ4v) is 3.99. The van der Waals surface area contributed by atoms with E-state index in [0.29, 0.717) is 12.8 Å². The van der Waals surface area contributed by atoms with Gasteiger partial charge >= 0.3 is 5.97 Å². The van der Waals surface area contributed by atoms with Crippen molar-refractivity contribution in [3.8, 4) is 0 Å². The van der Waals surface area contributed by atoms with Crippen molar-refractivity contribution >= 4 is 11.9 Å².